The predicted octanol–water partition coefficient (Wildman–Crippen LogP) is 2.54. The van der Waals surface area contributed by atoms with Gasteiger partial charge in [-0.3, -0.25) is 4.68 Å². The van der Waals surface area contributed by atoms with Crippen molar-refractivity contribution in [2.45, 2.75) is 71.9 Å². The molecule has 0 aromatic carbocycles. The van der Waals surface area contributed by atoms with E-state index < -0.39 is 0 Å². The van der Waals surface area contributed by atoms with Gasteiger partial charge in [-0.25, -0.2) is 0 Å². The van der Waals surface area contributed by atoms with Crippen molar-refractivity contribution < 1.29 is 5.11 Å². The van der Waals surface area contributed by atoms with Gasteiger partial charge in [0.25, 0.3) is 0 Å². The standard InChI is InChI=1S/C16H31N3O/c1-5-10-17-16(4,13-20)9-8-11-19-15(7-3)12-14(6-2)18-19/h12,17,20H,5-11,13H2,1-4H3. The lowest BCUT2D eigenvalue weighted by Gasteiger charge is -2.29. The fourth-order valence-corrected chi connectivity index (χ4v) is 2.44. The first-order chi connectivity index (χ1) is 9.58. The highest BCUT2D eigenvalue weighted by Gasteiger charge is 2.21. The van der Waals surface area contributed by atoms with E-state index in [1.807, 2.05) is 0 Å². The Morgan fingerprint density at radius 3 is 2.60 bits per heavy atom. The zero-order valence-electron chi connectivity index (χ0n) is 13.6. The van der Waals surface area contributed by atoms with Crippen molar-refractivity contribution in [2.75, 3.05) is 13.2 Å². The number of hydrogen-bond acceptors (Lipinski definition) is 3. The van der Waals surface area contributed by atoms with Gasteiger partial charge in [0.15, 0.2) is 0 Å². The minimum Gasteiger partial charge on any atom is -0.394 e. The predicted molar refractivity (Wildman–Crippen MR) is 84.0 cm³/mol. The molecule has 0 radical (unpaired) electrons. The highest BCUT2D eigenvalue weighted by atomic mass is 16.3. The number of hydrogen-bond donors (Lipinski definition) is 2. The summed E-state index contributed by atoms with van der Waals surface area (Å²) in [5.74, 6) is 0. The first kappa shape index (κ1) is 17.2. The first-order valence-corrected chi connectivity index (χ1v) is 8.00. The molecule has 0 spiro atoms. The Bertz CT molecular complexity index is 389. The van der Waals surface area contributed by atoms with Gasteiger partial charge < -0.3 is 10.4 Å². The van der Waals surface area contributed by atoms with Gasteiger partial charge in [-0.1, -0.05) is 20.8 Å². The summed E-state index contributed by atoms with van der Waals surface area (Å²) in [5.41, 5.74) is 2.33. The van der Waals surface area contributed by atoms with E-state index in [2.05, 4.69) is 48.9 Å². The van der Waals surface area contributed by atoms with Gasteiger partial charge >= 0.3 is 0 Å². The third-order valence-corrected chi connectivity index (χ3v) is 3.89. The van der Waals surface area contributed by atoms with E-state index in [0.717, 1.165) is 45.2 Å². The molecular formula is C16H31N3O. The van der Waals surface area contributed by atoms with Crippen molar-refractivity contribution in [2.24, 2.45) is 0 Å². The summed E-state index contributed by atoms with van der Waals surface area (Å²) in [5, 5.41) is 17.7. The molecule has 1 aromatic rings. The average molecular weight is 281 g/mol. The second kappa shape index (κ2) is 8.42. The molecule has 116 valence electrons. The molecule has 20 heavy (non-hydrogen) atoms. The molecule has 1 atom stereocenters. The monoisotopic (exact) mass is 281 g/mol. The summed E-state index contributed by atoms with van der Waals surface area (Å²) >= 11 is 0. The normalized spacial score (nSPS) is 14.4. The summed E-state index contributed by atoms with van der Waals surface area (Å²) in [4.78, 5) is 0. The second-order valence-corrected chi connectivity index (χ2v) is 5.81. The maximum Gasteiger partial charge on any atom is 0.0624 e. The largest absolute Gasteiger partial charge is 0.394 e. The minimum absolute atomic E-state index is 0.164. The van der Waals surface area contributed by atoms with Gasteiger partial charge in [0.2, 0.25) is 0 Å². The molecule has 0 fully saturated rings. The second-order valence-electron chi connectivity index (χ2n) is 5.81. The van der Waals surface area contributed by atoms with E-state index >= 15 is 0 Å². The number of aliphatic hydroxyl groups excluding tert-OH is 1. The summed E-state index contributed by atoms with van der Waals surface area (Å²) < 4.78 is 2.14. The molecule has 4 nitrogen and oxygen atoms in total. The zero-order valence-corrected chi connectivity index (χ0v) is 13.6. The minimum atomic E-state index is -0.164. The molecule has 0 aliphatic heterocycles. The molecule has 0 amide bonds. The van der Waals surface area contributed by atoms with E-state index in [9.17, 15) is 5.11 Å². The Morgan fingerprint density at radius 2 is 2.05 bits per heavy atom. The van der Waals surface area contributed by atoms with Gasteiger partial charge in [0, 0.05) is 17.8 Å². The molecule has 0 aliphatic rings. The lowest BCUT2D eigenvalue weighted by atomic mass is 9.96. The van der Waals surface area contributed by atoms with Crippen molar-refractivity contribution in [1.29, 1.82) is 0 Å². The number of nitrogens with one attached hydrogen (secondary N) is 1. The van der Waals surface area contributed by atoms with Crippen molar-refractivity contribution >= 4 is 0 Å². The average Bonchev–Trinajstić information content (AvgIpc) is 2.87. The van der Waals surface area contributed by atoms with E-state index in [-0.39, 0.29) is 12.1 Å². The summed E-state index contributed by atoms with van der Waals surface area (Å²) in [6, 6.07) is 2.21. The summed E-state index contributed by atoms with van der Waals surface area (Å²) in [6.45, 7) is 10.6. The van der Waals surface area contributed by atoms with Crippen LogP contribution < -0.4 is 5.32 Å². The van der Waals surface area contributed by atoms with Crippen LogP contribution in [0.15, 0.2) is 6.07 Å². The highest BCUT2D eigenvalue weighted by Crippen LogP contribution is 2.14. The fourth-order valence-electron chi connectivity index (χ4n) is 2.44. The third-order valence-electron chi connectivity index (χ3n) is 3.89. The van der Waals surface area contributed by atoms with Gasteiger partial charge in [-0.05, 0) is 51.6 Å². The van der Waals surface area contributed by atoms with Crippen molar-refractivity contribution in [3.8, 4) is 0 Å². The van der Waals surface area contributed by atoms with E-state index in [1.54, 1.807) is 0 Å². The molecule has 0 saturated carbocycles. The van der Waals surface area contributed by atoms with Gasteiger partial charge in [-0.2, -0.15) is 5.10 Å². The number of aromatic nitrogens is 2. The smallest absolute Gasteiger partial charge is 0.0624 e. The quantitative estimate of drug-likeness (QED) is 0.693. The van der Waals surface area contributed by atoms with Crippen molar-refractivity contribution in [3.05, 3.63) is 17.5 Å². The van der Waals surface area contributed by atoms with Crippen LogP contribution in [0, 0.1) is 0 Å². The van der Waals surface area contributed by atoms with Crippen LogP contribution in [-0.4, -0.2) is 33.6 Å². The molecular weight excluding hydrogens is 250 g/mol. The van der Waals surface area contributed by atoms with Crippen LogP contribution in [0.1, 0.15) is 58.3 Å². The highest BCUT2D eigenvalue weighted by molar-refractivity contribution is 5.10. The Kier molecular flexibility index (Phi) is 7.24. The molecule has 0 bridgehead atoms. The van der Waals surface area contributed by atoms with Crippen LogP contribution in [0.25, 0.3) is 0 Å². The zero-order chi connectivity index (χ0) is 15.0. The Morgan fingerprint density at radius 1 is 1.30 bits per heavy atom. The van der Waals surface area contributed by atoms with Crippen LogP contribution in [0.4, 0.5) is 0 Å². The Labute approximate surface area is 123 Å². The molecule has 2 N–H and O–H groups in total. The molecule has 4 heteroatoms. The molecule has 1 aromatic heterocycles. The first-order valence-electron chi connectivity index (χ1n) is 8.00. The van der Waals surface area contributed by atoms with Crippen LogP contribution in [0.5, 0.6) is 0 Å². The summed E-state index contributed by atoms with van der Waals surface area (Å²) in [7, 11) is 0. The Balaban J connectivity index is 2.52. The molecule has 0 saturated heterocycles. The Hall–Kier alpha value is -0.870. The van der Waals surface area contributed by atoms with Crippen molar-refractivity contribution in [3.63, 3.8) is 0 Å². The molecule has 1 unspecified atom stereocenters. The van der Waals surface area contributed by atoms with Gasteiger partial charge in [0.05, 0.1) is 12.3 Å². The van der Waals surface area contributed by atoms with Crippen LogP contribution >= 0.6 is 0 Å². The number of nitrogens with zero attached hydrogens (tertiary/aromatic N) is 2. The fraction of sp³-hybridized carbons (Fsp3) is 0.812. The molecule has 1 rings (SSSR count). The lowest BCUT2D eigenvalue weighted by Crippen LogP contribution is -2.46. The van der Waals surface area contributed by atoms with Crippen LogP contribution in [-0.2, 0) is 19.4 Å². The van der Waals surface area contributed by atoms with E-state index in [1.165, 1.54) is 11.4 Å². The topological polar surface area (TPSA) is 50.1 Å². The van der Waals surface area contributed by atoms with Gasteiger partial charge in [0.1, 0.15) is 0 Å². The van der Waals surface area contributed by atoms with E-state index in [0.29, 0.717) is 0 Å². The number of aliphatic hydroxyl groups is 1. The summed E-state index contributed by atoms with van der Waals surface area (Å²) in [6.07, 6.45) is 5.11. The molecule has 1 heterocycles. The van der Waals surface area contributed by atoms with Crippen LogP contribution in [0.2, 0.25) is 0 Å². The maximum atomic E-state index is 9.57. The number of aryl methyl sites for hydroxylation is 3. The van der Waals surface area contributed by atoms with Gasteiger partial charge in [-0.15, -0.1) is 0 Å². The maximum absolute atomic E-state index is 9.57. The third kappa shape index (κ3) is 4.91. The molecule has 0 aliphatic carbocycles. The van der Waals surface area contributed by atoms with Crippen LogP contribution in [0.3, 0.4) is 0 Å². The number of rotatable bonds is 10. The van der Waals surface area contributed by atoms with E-state index in [4.69, 9.17) is 0 Å². The SMILES string of the molecule is CCCNC(C)(CO)CCCn1nc(CC)cc1CC. The van der Waals surface area contributed by atoms with Crippen molar-refractivity contribution in [1.82, 2.24) is 15.1 Å². The lowest BCUT2D eigenvalue weighted by molar-refractivity contribution is 0.161.